The third-order valence-corrected chi connectivity index (χ3v) is 7.51. The van der Waals surface area contributed by atoms with Gasteiger partial charge in [-0.25, -0.2) is 9.97 Å². The Labute approximate surface area is 183 Å². The van der Waals surface area contributed by atoms with E-state index in [1.807, 2.05) is 34.4 Å². The number of carbonyl (C=O) groups is 1. The molecule has 0 atom stereocenters. The van der Waals surface area contributed by atoms with E-state index in [2.05, 4.69) is 24.8 Å². The minimum atomic E-state index is 0.0490. The number of piperazine rings is 1. The van der Waals surface area contributed by atoms with Crippen molar-refractivity contribution in [2.24, 2.45) is 0 Å². The molecule has 7 nitrogen and oxygen atoms in total. The van der Waals surface area contributed by atoms with Crippen LogP contribution in [0.3, 0.4) is 0 Å². The van der Waals surface area contributed by atoms with Crippen molar-refractivity contribution >= 4 is 44.3 Å². The summed E-state index contributed by atoms with van der Waals surface area (Å²) in [6.45, 7) is 2.90. The van der Waals surface area contributed by atoms with Gasteiger partial charge >= 0.3 is 0 Å². The Morgan fingerprint density at radius 2 is 1.71 bits per heavy atom. The molecule has 0 unspecified atom stereocenters. The molecule has 0 saturated carbocycles. The number of rotatable bonds is 2. The first kappa shape index (κ1) is 18.6. The third kappa shape index (κ3) is 3.22. The maximum absolute atomic E-state index is 13.1. The van der Waals surface area contributed by atoms with Crippen LogP contribution in [0.4, 0.5) is 5.82 Å². The van der Waals surface area contributed by atoms with Crippen LogP contribution >= 0.6 is 11.3 Å². The van der Waals surface area contributed by atoms with Gasteiger partial charge in [0.05, 0.1) is 16.4 Å². The summed E-state index contributed by atoms with van der Waals surface area (Å²) in [6.07, 6.45) is 9.80. The number of hydrogen-bond acceptors (Lipinski definition) is 7. The molecule has 1 aliphatic heterocycles. The number of anilines is 1. The molecular formula is C23H22N6OS. The lowest BCUT2D eigenvalue weighted by atomic mass is 9.97. The molecule has 1 aliphatic carbocycles. The van der Waals surface area contributed by atoms with Crippen molar-refractivity contribution < 1.29 is 4.79 Å². The highest BCUT2D eigenvalue weighted by molar-refractivity contribution is 7.19. The molecule has 31 heavy (non-hydrogen) atoms. The second-order valence-corrected chi connectivity index (χ2v) is 9.21. The highest BCUT2D eigenvalue weighted by atomic mass is 32.1. The lowest BCUT2D eigenvalue weighted by Crippen LogP contribution is -2.49. The number of thiophene rings is 1. The van der Waals surface area contributed by atoms with Crippen molar-refractivity contribution in [2.45, 2.75) is 25.7 Å². The Morgan fingerprint density at radius 1 is 0.903 bits per heavy atom. The number of aromatic nitrogens is 4. The maximum Gasteiger partial charge on any atom is 0.254 e. The molecule has 6 rings (SSSR count). The van der Waals surface area contributed by atoms with Gasteiger partial charge in [0.15, 0.2) is 0 Å². The summed E-state index contributed by atoms with van der Waals surface area (Å²) in [5.41, 5.74) is 3.67. The largest absolute Gasteiger partial charge is 0.352 e. The average molecular weight is 431 g/mol. The van der Waals surface area contributed by atoms with Gasteiger partial charge in [-0.05, 0) is 49.4 Å². The first-order valence-corrected chi connectivity index (χ1v) is 11.6. The van der Waals surface area contributed by atoms with E-state index in [9.17, 15) is 4.79 Å². The molecule has 1 fully saturated rings. The Kier molecular flexibility index (Phi) is 4.52. The van der Waals surface area contributed by atoms with E-state index in [1.54, 1.807) is 18.7 Å². The lowest BCUT2D eigenvalue weighted by Gasteiger charge is -2.35. The highest BCUT2D eigenvalue weighted by Crippen LogP contribution is 2.39. The summed E-state index contributed by atoms with van der Waals surface area (Å²) >= 11 is 1.83. The number of nitrogens with zero attached hydrogens (tertiary/aromatic N) is 6. The van der Waals surface area contributed by atoms with Gasteiger partial charge < -0.3 is 9.80 Å². The molecular weight excluding hydrogens is 408 g/mol. The van der Waals surface area contributed by atoms with Gasteiger partial charge in [0.1, 0.15) is 17.0 Å². The highest BCUT2D eigenvalue weighted by Gasteiger charge is 2.27. The fourth-order valence-corrected chi connectivity index (χ4v) is 5.94. The smallest absolute Gasteiger partial charge is 0.254 e. The topological polar surface area (TPSA) is 75.1 Å². The zero-order valence-electron chi connectivity index (χ0n) is 17.1. The summed E-state index contributed by atoms with van der Waals surface area (Å²) < 4.78 is 0. The molecule has 8 heteroatoms. The standard InChI is InChI=1S/C23H22N6OS/c30-23(15-5-6-17-18(13-15)25-8-7-24-17)29-11-9-28(10-12-29)21-20-16-3-1-2-4-19(16)31-22(20)27-14-26-21/h5-8,13-14H,1-4,9-12H2. The van der Waals surface area contributed by atoms with E-state index >= 15 is 0 Å². The van der Waals surface area contributed by atoms with Crippen LogP contribution in [0.15, 0.2) is 36.9 Å². The molecule has 4 aromatic rings. The summed E-state index contributed by atoms with van der Waals surface area (Å²) in [5.74, 6) is 1.09. The maximum atomic E-state index is 13.1. The summed E-state index contributed by atoms with van der Waals surface area (Å²) in [5, 5.41) is 1.25. The summed E-state index contributed by atoms with van der Waals surface area (Å²) in [6, 6.07) is 5.54. The van der Waals surface area contributed by atoms with Crippen molar-refractivity contribution in [2.75, 3.05) is 31.1 Å². The first-order valence-electron chi connectivity index (χ1n) is 10.8. The fourth-order valence-electron chi connectivity index (χ4n) is 4.71. The van der Waals surface area contributed by atoms with E-state index in [4.69, 9.17) is 0 Å². The minimum Gasteiger partial charge on any atom is -0.352 e. The first-order chi connectivity index (χ1) is 15.3. The van der Waals surface area contributed by atoms with Crippen LogP contribution in [0, 0.1) is 0 Å². The van der Waals surface area contributed by atoms with Gasteiger partial charge in [-0.15, -0.1) is 11.3 Å². The molecule has 0 bridgehead atoms. The van der Waals surface area contributed by atoms with Crippen LogP contribution in [0.25, 0.3) is 21.3 Å². The van der Waals surface area contributed by atoms with E-state index in [0.717, 1.165) is 47.6 Å². The minimum absolute atomic E-state index is 0.0490. The number of benzene rings is 1. The van der Waals surface area contributed by atoms with Gasteiger partial charge in [-0.1, -0.05) is 0 Å². The number of aryl methyl sites for hydroxylation is 2. The lowest BCUT2D eigenvalue weighted by molar-refractivity contribution is 0.0746. The average Bonchev–Trinajstić information content (AvgIpc) is 3.22. The fraction of sp³-hybridized carbons (Fsp3) is 0.348. The van der Waals surface area contributed by atoms with Crippen molar-refractivity contribution in [1.29, 1.82) is 0 Å². The molecule has 3 aromatic heterocycles. The second kappa shape index (κ2) is 7.53. The molecule has 0 N–H and O–H groups in total. The predicted molar refractivity (Wildman–Crippen MR) is 122 cm³/mol. The van der Waals surface area contributed by atoms with Crippen LogP contribution in [0.5, 0.6) is 0 Å². The third-order valence-electron chi connectivity index (χ3n) is 6.31. The monoisotopic (exact) mass is 430 g/mol. The molecule has 1 saturated heterocycles. The number of amides is 1. The normalized spacial score (nSPS) is 16.6. The van der Waals surface area contributed by atoms with Crippen molar-refractivity contribution in [3.05, 3.63) is 52.9 Å². The summed E-state index contributed by atoms with van der Waals surface area (Å²) in [4.78, 5) is 37.8. The quantitative estimate of drug-likeness (QED) is 0.485. The van der Waals surface area contributed by atoms with Crippen LogP contribution in [0.2, 0.25) is 0 Å². The van der Waals surface area contributed by atoms with Crippen molar-refractivity contribution in [3.8, 4) is 0 Å². The zero-order valence-corrected chi connectivity index (χ0v) is 17.9. The number of fused-ring (bicyclic) bond motifs is 4. The van der Waals surface area contributed by atoms with Gasteiger partial charge in [0.2, 0.25) is 0 Å². The molecule has 1 amide bonds. The molecule has 156 valence electrons. The molecule has 4 heterocycles. The molecule has 1 aromatic carbocycles. The van der Waals surface area contributed by atoms with Crippen LogP contribution in [-0.2, 0) is 12.8 Å². The van der Waals surface area contributed by atoms with Crippen LogP contribution < -0.4 is 4.90 Å². The van der Waals surface area contributed by atoms with Crippen LogP contribution in [-0.4, -0.2) is 56.9 Å². The number of hydrogen-bond donors (Lipinski definition) is 0. The van der Waals surface area contributed by atoms with E-state index < -0.39 is 0 Å². The van der Waals surface area contributed by atoms with E-state index in [-0.39, 0.29) is 5.91 Å². The second-order valence-electron chi connectivity index (χ2n) is 8.13. The predicted octanol–water partition coefficient (Wildman–Crippen LogP) is 3.48. The van der Waals surface area contributed by atoms with E-state index in [0.29, 0.717) is 18.7 Å². The number of carbonyl (C=O) groups excluding carboxylic acids is 1. The van der Waals surface area contributed by atoms with Crippen molar-refractivity contribution in [3.63, 3.8) is 0 Å². The van der Waals surface area contributed by atoms with Gasteiger partial charge in [-0.3, -0.25) is 14.8 Å². The molecule has 0 radical (unpaired) electrons. The van der Waals surface area contributed by atoms with Gasteiger partial charge in [0, 0.05) is 49.0 Å². The zero-order chi connectivity index (χ0) is 20.8. The SMILES string of the molecule is O=C(c1ccc2nccnc2c1)N1CCN(c2ncnc3sc4c(c23)CCCC4)CC1. The van der Waals surface area contributed by atoms with Crippen molar-refractivity contribution in [1.82, 2.24) is 24.8 Å². The Morgan fingerprint density at radius 3 is 2.58 bits per heavy atom. The van der Waals surface area contributed by atoms with Crippen LogP contribution in [0.1, 0.15) is 33.6 Å². The molecule has 2 aliphatic rings. The summed E-state index contributed by atoms with van der Waals surface area (Å²) in [7, 11) is 0. The molecule has 0 spiro atoms. The Bertz CT molecular complexity index is 1290. The van der Waals surface area contributed by atoms with E-state index in [1.165, 1.54) is 28.7 Å². The Balaban J connectivity index is 1.23. The van der Waals surface area contributed by atoms with Gasteiger partial charge in [-0.2, -0.15) is 0 Å². The van der Waals surface area contributed by atoms with Gasteiger partial charge in [0.25, 0.3) is 5.91 Å². The Hall–Kier alpha value is -3.13.